The molecule has 1 N–H and O–H groups in total. The van der Waals surface area contributed by atoms with Gasteiger partial charge in [0.05, 0.1) is 10.2 Å². The zero-order valence-electron chi connectivity index (χ0n) is 19.9. The van der Waals surface area contributed by atoms with Crippen molar-refractivity contribution in [3.63, 3.8) is 0 Å². The Morgan fingerprint density at radius 3 is 2.54 bits per heavy atom. The fraction of sp³-hybridized carbons (Fsp3) is 0.179. The fourth-order valence-corrected chi connectivity index (χ4v) is 4.76. The zero-order chi connectivity index (χ0) is 24.4. The second kappa shape index (κ2) is 9.72. The van der Waals surface area contributed by atoms with E-state index in [4.69, 9.17) is 9.72 Å². The van der Waals surface area contributed by atoms with Gasteiger partial charge >= 0.3 is 0 Å². The molecule has 0 aliphatic rings. The molecule has 0 aliphatic carbocycles. The van der Waals surface area contributed by atoms with E-state index >= 15 is 0 Å². The van der Waals surface area contributed by atoms with Crippen LogP contribution in [0, 0.1) is 6.92 Å². The summed E-state index contributed by atoms with van der Waals surface area (Å²) in [7, 11) is 0. The van der Waals surface area contributed by atoms with Gasteiger partial charge in [-0.25, -0.2) is 9.67 Å². The molecule has 7 heteroatoms. The van der Waals surface area contributed by atoms with Gasteiger partial charge in [0.25, 0.3) is 5.91 Å². The van der Waals surface area contributed by atoms with Gasteiger partial charge in [0.2, 0.25) is 0 Å². The summed E-state index contributed by atoms with van der Waals surface area (Å²) in [6.07, 6.45) is 1.73. The van der Waals surface area contributed by atoms with E-state index in [-0.39, 0.29) is 12.6 Å². The van der Waals surface area contributed by atoms with Crippen LogP contribution in [0.4, 0.5) is 5.69 Å². The molecule has 5 rings (SSSR count). The SMILES string of the molecule is Cc1ccc2nc(-c3ccc(NC(=O)c4ccn(COc5ccc(C(C)C)cc5)n4)cc3)sc2c1. The molecular formula is C28H26N4O2S. The molecule has 0 saturated heterocycles. The second-order valence-electron chi connectivity index (χ2n) is 8.76. The number of hydrogen-bond donors (Lipinski definition) is 1. The molecule has 2 aromatic heterocycles. The first kappa shape index (κ1) is 22.8. The summed E-state index contributed by atoms with van der Waals surface area (Å²) in [6, 6.07) is 23.7. The Hall–Kier alpha value is -3.97. The number of carbonyl (C=O) groups excluding carboxylic acids is 1. The van der Waals surface area contributed by atoms with Crippen molar-refractivity contribution in [2.24, 2.45) is 0 Å². The van der Waals surface area contributed by atoms with Gasteiger partial charge in [-0.1, -0.05) is 32.0 Å². The molecular weight excluding hydrogens is 456 g/mol. The van der Waals surface area contributed by atoms with Crippen LogP contribution < -0.4 is 10.1 Å². The molecule has 2 heterocycles. The first-order valence-electron chi connectivity index (χ1n) is 11.5. The quantitative estimate of drug-likeness (QED) is 0.274. The Morgan fingerprint density at radius 2 is 1.80 bits per heavy atom. The van der Waals surface area contributed by atoms with Crippen LogP contribution in [0.3, 0.4) is 0 Å². The molecule has 0 unspecified atom stereocenters. The number of thiazole rings is 1. The van der Waals surface area contributed by atoms with E-state index in [0.717, 1.165) is 21.8 Å². The highest BCUT2D eigenvalue weighted by Crippen LogP contribution is 2.31. The van der Waals surface area contributed by atoms with Gasteiger partial charge in [-0.3, -0.25) is 4.79 Å². The standard InChI is InChI=1S/C28H26N4O2S/c1-18(2)20-7-11-23(12-8-20)34-17-32-15-14-25(31-32)27(33)29-22-9-5-21(6-10-22)28-30-24-13-4-19(3)16-26(24)35-28/h4-16,18H,17H2,1-3H3,(H,29,33). The van der Waals surface area contributed by atoms with Crippen molar-refractivity contribution in [2.45, 2.75) is 33.4 Å². The lowest BCUT2D eigenvalue weighted by atomic mass is 10.0. The number of hydrogen-bond acceptors (Lipinski definition) is 5. The Kier molecular flexibility index (Phi) is 6.33. The molecule has 0 radical (unpaired) electrons. The van der Waals surface area contributed by atoms with Gasteiger partial charge in [0, 0.05) is 17.4 Å². The third-order valence-electron chi connectivity index (χ3n) is 5.72. The monoisotopic (exact) mass is 482 g/mol. The second-order valence-corrected chi connectivity index (χ2v) is 9.79. The highest BCUT2D eigenvalue weighted by atomic mass is 32.1. The van der Waals surface area contributed by atoms with Gasteiger partial charge in [-0.15, -0.1) is 11.3 Å². The minimum absolute atomic E-state index is 0.227. The third kappa shape index (κ3) is 5.25. The predicted octanol–water partition coefficient (Wildman–Crippen LogP) is 6.88. The Balaban J connectivity index is 1.19. The first-order chi connectivity index (χ1) is 16.9. The van der Waals surface area contributed by atoms with Gasteiger partial charge in [0.1, 0.15) is 10.8 Å². The number of aryl methyl sites for hydroxylation is 1. The maximum atomic E-state index is 12.7. The van der Waals surface area contributed by atoms with Gasteiger partial charge < -0.3 is 10.1 Å². The Bertz CT molecular complexity index is 1470. The third-order valence-corrected chi connectivity index (χ3v) is 6.78. The number of rotatable bonds is 7. The molecule has 6 nitrogen and oxygen atoms in total. The average molecular weight is 483 g/mol. The summed E-state index contributed by atoms with van der Waals surface area (Å²) < 4.78 is 8.56. The minimum atomic E-state index is -0.270. The van der Waals surface area contributed by atoms with Crippen molar-refractivity contribution >= 4 is 33.1 Å². The van der Waals surface area contributed by atoms with E-state index in [1.54, 1.807) is 28.3 Å². The first-order valence-corrected chi connectivity index (χ1v) is 12.3. The molecule has 0 spiro atoms. The number of benzene rings is 3. The molecule has 1 amide bonds. The highest BCUT2D eigenvalue weighted by Gasteiger charge is 2.11. The Morgan fingerprint density at radius 1 is 1.03 bits per heavy atom. The largest absolute Gasteiger partial charge is 0.471 e. The molecule has 0 saturated carbocycles. The zero-order valence-corrected chi connectivity index (χ0v) is 20.7. The number of nitrogens with one attached hydrogen (secondary N) is 1. The molecule has 0 aliphatic heterocycles. The van der Waals surface area contributed by atoms with E-state index in [1.165, 1.54) is 15.8 Å². The number of carbonyl (C=O) groups is 1. The minimum Gasteiger partial charge on any atom is -0.471 e. The molecule has 35 heavy (non-hydrogen) atoms. The summed E-state index contributed by atoms with van der Waals surface area (Å²) >= 11 is 1.67. The van der Waals surface area contributed by atoms with Crippen LogP contribution in [-0.2, 0) is 6.73 Å². The van der Waals surface area contributed by atoms with Crippen LogP contribution in [0.25, 0.3) is 20.8 Å². The summed E-state index contributed by atoms with van der Waals surface area (Å²) in [5.41, 5.74) is 5.53. The van der Waals surface area contributed by atoms with E-state index in [9.17, 15) is 4.79 Å². The van der Waals surface area contributed by atoms with E-state index < -0.39 is 0 Å². The highest BCUT2D eigenvalue weighted by molar-refractivity contribution is 7.21. The van der Waals surface area contributed by atoms with Crippen molar-refractivity contribution in [3.05, 3.63) is 95.8 Å². The number of fused-ring (bicyclic) bond motifs is 1. The number of anilines is 1. The normalized spacial score (nSPS) is 11.2. The number of aromatic nitrogens is 3. The van der Waals surface area contributed by atoms with Crippen molar-refractivity contribution in [3.8, 4) is 16.3 Å². The summed E-state index contributed by atoms with van der Waals surface area (Å²) in [6.45, 7) is 6.62. The van der Waals surface area contributed by atoms with E-state index in [0.29, 0.717) is 17.3 Å². The van der Waals surface area contributed by atoms with Crippen LogP contribution in [0.2, 0.25) is 0 Å². The number of amides is 1. The van der Waals surface area contributed by atoms with E-state index in [1.807, 2.05) is 42.5 Å². The molecule has 0 fully saturated rings. The average Bonchev–Trinajstić information content (AvgIpc) is 3.50. The maximum absolute atomic E-state index is 12.7. The number of ether oxygens (including phenoxy) is 1. The van der Waals surface area contributed by atoms with Crippen LogP contribution in [0.1, 0.15) is 41.4 Å². The van der Waals surface area contributed by atoms with Crippen LogP contribution in [0.15, 0.2) is 79.0 Å². The lowest BCUT2D eigenvalue weighted by Crippen LogP contribution is -2.14. The molecule has 176 valence electrons. The predicted molar refractivity (Wildman–Crippen MR) is 141 cm³/mol. The Labute approximate surface area is 208 Å². The maximum Gasteiger partial charge on any atom is 0.276 e. The van der Waals surface area contributed by atoms with Crippen molar-refractivity contribution in [2.75, 3.05) is 5.32 Å². The summed E-state index contributed by atoms with van der Waals surface area (Å²) in [5.74, 6) is 0.969. The fourth-order valence-electron chi connectivity index (χ4n) is 3.69. The van der Waals surface area contributed by atoms with Gasteiger partial charge in [-0.2, -0.15) is 5.10 Å². The molecule has 0 atom stereocenters. The lowest BCUT2D eigenvalue weighted by Gasteiger charge is -2.09. The van der Waals surface area contributed by atoms with Crippen molar-refractivity contribution < 1.29 is 9.53 Å². The summed E-state index contributed by atoms with van der Waals surface area (Å²) in [4.78, 5) is 17.4. The van der Waals surface area contributed by atoms with Crippen molar-refractivity contribution in [1.82, 2.24) is 14.8 Å². The van der Waals surface area contributed by atoms with Gasteiger partial charge in [-0.05, 0) is 78.6 Å². The molecule has 3 aromatic carbocycles. The van der Waals surface area contributed by atoms with Crippen LogP contribution in [0.5, 0.6) is 5.75 Å². The van der Waals surface area contributed by atoms with E-state index in [2.05, 4.69) is 55.5 Å². The van der Waals surface area contributed by atoms with Crippen LogP contribution in [-0.4, -0.2) is 20.7 Å². The lowest BCUT2D eigenvalue weighted by molar-refractivity contribution is 0.102. The molecule has 5 aromatic rings. The molecule has 0 bridgehead atoms. The van der Waals surface area contributed by atoms with Crippen LogP contribution >= 0.6 is 11.3 Å². The van der Waals surface area contributed by atoms with Gasteiger partial charge in [0.15, 0.2) is 12.4 Å². The number of nitrogens with zero attached hydrogens (tertiary/aromatic N) is 3. The smallest absolute Gasteiger partial charge is 0.276 e. The topological polar surface area (TPSA) is 69.0 Å². The summed E-state index contributed by atoms with van der Waals surface area (Å²) in [5, 5.41) is 8.20. The van der Waals surface area contributed by atoms with Crippen molar-refractivity contribution in [1.29, 1.82) is 0 Å².